The van der Waals surface area contributed by atoms with E-state index in [0.717, 1.165) is 43.1 Å². The van der Waals surface area contributed by atoms with E-state index in [0.29, 0.717) is 13.2 Å². The summed E-state index contributed by atoms with van der Waals surface area (Å²) >= 11 is 0. The van der Waals surface area contributed by atoms with Crippen molar-refractivity contribution in [1.82, 2.24) is 14.5 Å². The number of morpholine rings is 1. The van der Waals surface area contributed by atoms with Crippen LogP contribution in [0, 0.1) is 5.82 Å². The Morgan fingerprint density at radius 3 is 2.82 bits per heavy atom. The van der Waals surface area contributed by atoms with E-state index in [1.165, 1.54) is 12.1 Å². The normalized spacial score (nSPS) is 17.5. The van der Waals surface area contributed by atoms with Crippen molar-refractivity contribution in [3.8, 4) is 5.75 Å². The molecule has 0 bridgehead atoms. The summed E-state index contributed by atoms with van der Waals surface area (Å²) in [6.07, 6.45) is 5.45. The maximum atomic E-state index is 13.2. The minimum Gasteiger partial charge on any atom is -0.491 e. The van der Waals surface area contributed by atoms with Gasteiger partial charge in [0.1, 0.15) is 18.2 Å². The molecule has 0 amide bonds. The van der Waals surface area contributed by atoms with Crippen LogP contribution in [0.25, 0.3) is 0 Å². The van der Waals surface area contributed by atoms with Gasteiger partial charge in [0, 0.05) is 37.6 Å². The van der Waals surface area contributed by atoms with E-state index >= 15 is 0 Å². The van der Waals surface area contributed by atoms with Gasteiger partial charge in [-0.3, -0.25) is 4.90 Å². The minimum absolute atomic E-state index is 0.0383. The average molecular weight is 381 g/mol. The summed E-state index contributed by atoms with van der Waals surface area (Å²) in [6.45, 7) is 4.44. The molecular weight excluding hydrogens is 357 g/mol. The minimum atomic E-state index is -0.224. The van der Waals surface area contributed by atoms with Crippen molar-refractivity contribution in [2.75, 3.05) is 26.3 Å². The number of benzene rings is 2. The number of imidazole rings is 1. The van der Waals surface area contributed by atoms with Gasteiger partial charge in [0.15, 0.2) is 0 Å². The lowest BCUT2D eigenvalue weighted by atomic mass is 10.1. The van der Waals surface area contributed by atoms with Gasteiger partial charge >= 0.3 is 0 Å². The van der Waals surface area contributed by atoms with Crippen molar-refractivity contribution in [3.05, 3.63) is 84.2 Å². The third-order valence-electron chi connectivity index (χ3n) is 4.93. The van der Waals surface area contributed by atoms with Gasteiger partial charge in [-0.05, 0) is 23.8 Å². The highest BCUT2D eigenvalue weighted by molar-refractivity contribution is 5.33. The first-order valence-electron chi connectivity index (χ1n) is 9.54. The smallest absolute Gasteiger partial charge is 0.123 e. The third-order valence-corrected chi connectivity index (χ3v) is 4.93. The molecule has 1 fully saturated rings. The molecular formula is C22H24FN3O2. The average Bonchev–Trinajstić information content (AvgIpc) is 3.24. The maximum absolute atomic E-state index is 13.2. The molecule has 5 nitrogen and oxygen atoms in total. The standard InChI is InChI=1S/C22H24FN3O2/c23-20-7-5-18(6-8-20)22-16-26(12-14-28-22)15-19-3-1-2-4-21(19)27-13-11-25-10-9-24-17-25/h1-10,17,22H,11-16H2. The Labute approximate surface area is 164 Å². The molecule has 0 aliphatic carbocycles. The van der Waals surface area contributed by atoms with E-state index in [1.54, 1.807) is 24.7 Å². The summed E-state index contributed by atoms with van der Waals surface area (Å²) in [6, 6.07) is 14.7. The molecule has 2 heterocycles. The van der Waals surface area contributed by atoms with Crippen LogP contribution < -0.4 is 4.74 Å². The van der Waals surface area contributed by atoms with Crippen molar-refractivity contribution >= 4 is 0 Å². The van der Waals surface area contributed by atoms with Gasteiger partial charge in [0.2, 0.25) is 0 Å². The number of hydrogen-bond acceptors (Lipinski definition) is 4. The Hall–Kier alpha value is -2.70. The van der Waals surface area contributed by atoms with Crippen molar-refractivity contribution in [3.63, 3.8) is 0 Å². The Bertz CT molecular complexity index is 868. The van der Waals surface area contributed by atoms with Crippen LogP contribution in [0.4, 0.5) is 4.39 Å². The van der Waals surface area contributed by atoms with Crippen molar-refractivity contribution in [2.45, 2.75) is 19.2 Å². The van der Waals surface area contributed by atoms with Crippen molar-refractivity contribution in [1.29, 1.82) is 0 Å². The Morgan fingerprint density at radius 1 is 1.14 bits per heavy atom. The second-order valence-corrected chi connectivity index (χ2v) is 6.90. The zero-order chi connectivity index (χ0) is 19.2. The van der Waals surface area contributed by atoms with Crippen LogP contribution in [-0.2, 0) is 17.8 Å². The van der Waals surface area contributed by atoms with Crippen LogP contribution >= 0.6 is 0 Å². The summed E-state index contributed by atoms with van der Waals surface area (Å²) in [5, 5.41) is 0. The van der Waals surface area contributed by atoms with Gasteiger partial charge in [-0.1, -0.05) is 30.3 Å². The van der Waals surface area contributed by atoms with E-state index in [9.17, 15) is 4.39 Å². The molecule has 1 aliphatic rings. The van der Waals surface area contributed by atoms with E-state index in [4.69, 9.17) is 9.47 Å². The highest BCUT2D eigenvalue weighted by Gasteiger charge is 2.22. The van der Waals surface area contributed by atoms with E-state index in [1.807, 2.05) is 29.0 Å². The van der Waals surface area contributed by atoms with E-state index in [2.05, 4.69) is 16.0 Å². The van der Waals surface area contributed by atoms with Gasteiger partial charge in [-0.2, -0.15) is 0 Å². The van der Waals surface area contributed by atoms with Gasteiger partial charge < -0.3 is 14.0 Å². The molecule has 146 valence electrons. The van der Waals surface area contributed by atoms with Gasteiger partial charge in [0.05, 0.1) is 25.6 Å². The number of hydrogen-bond donors (Lipinski definition) is 0. The summed E-state index contributed by atoms with van der Waals surface area (Å²) in [5.41, 5.74) is 2.17. The molecule has 1 atom stereocenters. The molecule has 0 spiro atoms. The lowest BCUT2D eigenvalue weighted by Crippen LogP contribution is -2.37. The highest BCUT2D eigenvalue weighted by Crippen LogP contribution is 2.26. The first kappa shape index (κ1) is 18.7. The second-order valence-electron chi connectivity index (χ2n) is 6.90. The Kier molecular flexibility index (Phi) is 5.99. The molecule has 1 aromatic heterocycles. The third kappa shape index (κ3) is 4.77. The van der Waals surface area contributed by atoms with Crippen molar-refractivity contribution in [2.24, 2.45) is 0 Å². The van der Waals surface area contributed by atoms with Crippen LogP contribution in [0.1, 0.15) is 17.2 Å². The van der Waals surface area contributed by atoms with Gasteiger partial charge in [0.25, 0.3) is 0 Å². The second kappa shape index (κ2) is 8.99. The van der Waals surface area contributed by atoms with Crippen LogP contribution in [0.5, 0.6) is 5.75 Å². The lowest BCUT2D eigenvalue weighted by molar-refractivity contribution is -0.0331. The van der Waals surface area contributed by atoms with Crippen LogP contribution in [0.2, 0.25) is 0 Å². The molecule has 0 radical (unpaired) electrons. The molecule has 6 heteroatoms. The quantitative estimate of drug-likeness (QED) is 0.626. The summed E-state index contributed by atoms with van der Waals surface area (Å²) in [5.74, 6) is 0.686. The van der Waals surface area contributed by atoms with E-state index < -0.39 is 0 Å². The molecule has 1 saturated heterocycles. The predicted octanol–water partition coefficient (Wildman–Crippen LogP) is 3.67. The Balaban J connectivity index is 1.37. The van der Waals surface area contributed by atoms with Crippen LogP contribution in [0.15, 0.2) is 67.3 Å². The lowest BCUT2D eigenvalue weighted by Gasteiger charge is -2.33. The fraction of sp³-hybridized carbons (Fsp3) is 0.318. The molecule has 1 unspecified atom stereocenters. The maximum Gasteiger partial charge on any atom is 0.123 e. The number of aromatic nitrogens is 2. The topological polar surface area (TPSA) is 39.5 Å². The zero-order valence-corrected chi connectivity index (χ0v) is 15.7. The summed E-state index contributed by atoms with van der Waals surface area (Å²) in [4.78, 5) is 6.40. The first-order valence-corrected chi connectivity index (χ1v) is 9.54. The highest BCUT2D eigenvalue weighted by atomic mass is 19.1. The SMILES string of the molecule is Fc1ccc(C2CN(Cc3ccccc3OCCn3ccnc3)CCO2)cc1. The number of halogens is 1. The molecule has 2 aromatic carbocycles. The number of ether oxygens (including phenoxy) is 2. The molecule has 0 saturated carbocycles. The first-order chi connectivity index (χ1) is 13.8. The molecule has 28 heavy (non-hydrogen) atoms. The summed E-state index contributed by atoms with van der Waals surface area (Å²) in [7, 11) is 0. The van der Waals surface area contributed by atoms with Crippen LogP contribution in [0.3, 0.4) is 0 Å². The number of para-hydroxylation sites is 1. The van der Waals surface area contributed by atoms with Gasteiger partial charge in [-0.15, -0.1) is 0 Å². The fourth-order valence-electron chi connectivity index (χ4n) is 3.42. The van der Waals surface area contributed by atoms with Crippen molar-refractivity contribution < 1.29 is 13.9 Å². The fourth-order valence-corrected chi connectivity index (χ4v) is 3.42. The molecule has 1 aliphatic heterocycles. The number of rotatable bonds is 7. The van der Waals surface area contributed by atoms with E-state index in [-0.39, 0.29) is 11.9 Å². The largest absolute Gasteiger partial charge is 0.491 e. The number of nitrogens with zero attached hydrogens (tertiary/aromatic N) is 3. The molecule has 4 rings (SSSR count). The molecule has 3 aromatic rings. The zero-order valence-electron chi connectivity index (χ0n) is 15.7. The van der Waals surface area contributed by atoms with Gasteiger partial charge in [-0.25, -0.2) is 9.37 Å². The van der Waals surface area contributed by atoms with Crippen LogP contribution in [-0.4, -0.2) is 40.8 Å². The summed E-state index contributed by atoms with van der Waals surface area (Å²) < 4.78 is 27.1. The Morgan fingerprint density at radius 2 is 2.00 bits per heavy atom. The molecule has 0 N–H and O–H groups in total. The predicted molar refractivity (Wildman–Crippen MR) is 105 cm³/mol. The monoisotopic (exact) mass is 381 g/mol.